The fraction of sp³-hybridized carbons (Fsp3) is 0.208. The third-order valence-electron chi connectivity index (χ3n) is 4.64. The van der Waals surface area contributed by atoms with Crippen LogP contribution in [0.15, 0.2) is 72.9 Å². The highest BCUT2D eigenvalue weighted by Gasteiger charge is 2.20. The van der Waals surface area contributed by atoms with Gasteiger partial charge in [-0.2, -0.15) is 0 Å². The van der Waals surface area contributed by atoms with Gasteiger partial charge in [0.2, 0.25) is 0 Å². The largest absolute Gasteiger partial charge is 0.355 e. The van der Waals surface area contributed by atoms with Gasteiger partial charge >= 0.3 is 0 Å². The number of pyridine rings is 1. The number of benzene rings is 2. The lowest BCUT2D eigenvalue weighted by atomic mass is 10.1. The summed E-state index contributed by atoms with van der Waals surface area (Å²) in [6.45, 7) is 6.07. The summed E-state index contributed by atoms with van der Waals surface area (Å²) in [7, 11) is 0. The first-order valence-electron chi connectivity index (χ1n) is 9.63. The first-order valence-corrected chi connectivity index (χ1v) is 9.63. The molecule has 0 bridgehead atoms. The molecule has 0 aliphatic heterocycles. The maximum absolute atomic E-state index is 13.1. The fourth-order valence-electron chi connectivity index (χ4n) is 3.00. The van der Waals surface area contributed by atoms with Crippen LogP contribution in [0.5, 0.6) is 0 Å². The van der Waals surface area contributed by atoms with Gasteiger partial charge < -0.3 is 10.2 Å². The summed E-state index contributed by atoms with van der Waals surface area (Å²) in [5.74, 6) is -0.0834. The highest BCUT2D eigenvalue weighted by molar-refractivity contribution is 5.95. The molecule has 0 fully saturated rings. The van der Waals surface area contributed by atoms with Crippen LogP contribution in [0, 0.1) is 0 Å². The van der Waals surface area contributed by atoms with Crippen LogP contribution in [0.3, 0.4) is 0 Å². The molecule has 1 N–H and O–H groups in total. The maximum atomic E-state index is 13.1. The van der Waals surface area contributed by atoms with Crippen LogP contribution in [-0.2, 0) is 6.54 Å². The fourth-order valence-corrected chi connectivity index (χ4v) is 3.00. The zero-order chi connectivity index (χ0) is 20.8. The molecule has 1 aromatic heterocycles. The topological polar surface area (TPSA) is 62.3 Å². The Kier molecular flexibility index (Phi) is 6.39. The molecule has 0 saturated heterocycles. The molecule has 0 radical (unpaired) electrons. The predicted octanol–water partition coefficient (Wildman–Crippen LogP) is 5.08. The number of carbonyl (C=O) groups excluding carboxylic acids is 2. The number of nitrogens with zero attached hydrogens (tertiary/aromatic N) is 2. The molecule has 5 nitrogen and oxygen atoms in total. The number of rotatable bonds is 7. The average Bonchev–Trinajstić information content (AvgIpc) is 2.72. The second-order valence-electron chi connectivity index (χ2n) is 7.20. The van der Waals surface area contributed by atoms with Crippen molar-refractivity contribution < 1.29 is 9.59 Å². The number of anilines is 2. The average molecular weight is 387 g/mol. The summed E-state index contributed by atoms with van der Waals surface area (Å²) >= 11 is 0. The lowest BCUT2D eigenvalue weighted by molar-refractivity contribution is 0.0684. The quantitative estimate of drug-likeness (QED) is 0.574. The normalized spacial score (nSPS) is 10.6. The lowest BCUT2D eigenvalue weighted by Crippen LogP contribution is -2.36. The van der Waals surface area contributed by atoms with Gasteiger partial charge in [0, 0.05) is 35.7 Å². The molecule has 29 heavy (non-hydrogen) atoms. The molecule has 5 heteroatoms. The highest BCUT2D eigenvalue weighted by Crippen LogP contribution is 2.19. The number of carbonyl (C=O) groups is 2. The Hall–Kier alpha value is -3.47. The SMILES string of the molecule is CC(=O)c1ccc(Nc2ccnc(C(=O)N(Cc3ccccc3)C(C)C)c2)cc1. The van der Waals surface area contributed by atoms with Crippen molar-refractivity contribution in [1.82, 2.24) is 9.88 Å². The van der Waals surface area contributed by atoms with E-state index in [1.165, 1.54) is 0 Å². The predicted molar refractivity (Wildman–Crippen MR) is 115 cm³/mol. The molecule has 0 unspecified atom stereocenters. The second kappa shape index (κ2) is 9.15. The van der Waals surface area contributed by atoms with E-state index in [9.17, 15) is 9.59 Å². The molecule has 0 atom stereocenters. The zero-order valence-corrected chi connectivity index (χ0v) is 16.9. The standard InChI is InChI=1S/C24H25N3O2/c1-17(2)27(16-19-7-5-4-6-8-19)24(29)23-15-22(13-14-25-23)26-21-11-9-20(10-12-21)18(3)28/h4-15,17H,16H2,1-3H3,(H,25,26). The molecular formula is C24H25N3O2. The van der Waals surface area contributed by atoms with Gasteiger partial charge in [0.15, 0.2) is 5.78 Å². The van der Waals surface area contributed by atoms with Crippen LogP contribution in [0.4, 0.5) is 11.4 Å². The van der Waals surface area contributed by atoms with Gasteiger partial charge in [0.05, 0.1) is 0 Å². The van der Waals surface area contributed by atoms with Crippen LogP contribution < -0.4 is 5.32 Å². The van der Waals surface area contributed by atoms with E-state index in [-0.39, 0.29) is 17.7 Å². The van der Waals surface area contributed by atoms with E-state index >= 15 is 0 Å². The van der Waals surface area contributed by atoms with Crippen LogP contribution in [0.1, 0.15) is 47.2 Å². The molecule has 148 valence electrons. The molecule has 0 spiro atoms. The summed E-state index contributed by atoms with van der Waals surface area (Å²) in [4.78, 5) is 30.6. The number of aromatic nitrogens is 1. The third-order valence-corrected chi connectivity index (χ3v) is 4.64. The van der Waals surface area contributed by atoms with Crippen molar-refractivity contribution in [3.63, 3.8) is 0 Å². The van der Waals surface area contributed by atoms with Crippen molar-refractivity contribution >= 4 is 23.1 Å². The number of nitrogens with one attached hydrogen (secondary N) is 1. The van der Waals surface area contributed by atoms with Crippen molar-refractivity contribution in [2.45, 2.75) is 33.4 Å². The van der Waals surface area contributed by atoms with Gasteiger partial charge in [-0.25, -0.2) is 0 Å². The second-order valence-corrected chi connectivity index (χ2v) is 7.20. The van der Waals surface area contributed by atoms with E-state index in [4.69, 9.17) is 0 Å². The van der Waals surface area contributed by atoms with Gasteiger partial charge in [-0.05, 0) is 62.7 Å². The number of Topliss-reactive ketones (excluding diaryl/α,β-unsaturated/α-hetero) is 1. The van der Waals surface area contributed by atoms with Crippen molar-refractivity contribution in [2.75, 3.05) is 5.32 Å². The highest BCUT2D eigenvalue weighted by atomic mass is 16.2. The summed E-state index contributed by atoms with van der Waals surface area (Å²) < 4.78 is 0. The Morgan fingerprint density at radius 1 is 0.966 bits per heavy atom. The Bertz CT molecular complexity index is 983. The minimum absolute atomic E-state index is 0.0283. The van der Waals surface area contributed by atoms with E-state index < -0.39 is 0 Å². The summed E-state index contributed by atoms with van der Waals surface area (Å²) in [5.41, 5.74) is 3.73. The summed E-state index contributed by atoms with van der Waals surface area (Å²) in [6.07, 6.45) is 1.63. The van der Waals surface area contributed by atoms with Crippen molar-refractivity contribution in [1.29, 1.82) is 0 Å². The van der Waals surface area contributed by atoms with Crippen molar-refractivity contribution in [2.24, 2.45) is 0 Å². The minimum atomic E-state index is -0.112. The molecular weight excluding hydrogens is 362 g/mol. The van der Waals surface area contributed by atoms with E-state index in [0.29, 0.717) is 17.8 Å². The van der Waals surface area contributed by atoms with Gasteiger partial charge in [-0.1, -0.05) is 30.3 Å². The van der Waals surface area contributed by atoms with Crippen molar-refractivity contribution in [3.8, 4) is 0 Å². The molecule has 0 saturated carbocycles. The van der Waals surface area contributed by atoms with Crippen molar-refractivity contribution in [3.05, 3.63) is 89.7 Å². The summed E-state index contributed by atoms with van der Waals surface area (Å²) in [6, 6.07) is 20.8. The number of ketones is 1. The molecule has 2 aromatic carbocycles. The van der Waals surface area contributed by atoms with Gasteiger partial charge in [-0.3, -0.25) is 14.6 Å². The lowest BCUT2D eigenvalue weighted by Gasteiger charge is -2.26. The molecule has 3 rings (SSSR count). The Labute approximate surface area is 171 Å². The maximum Gasteiger partial charge on any atom is 0.273 e. The first kappa shape index (κ1) is 20.3. The van der Waals surface area contributed by atoms with E-state index in [1.54, 1.807) is 31.3 Å². The molecule has 0 aliphatic carbocycles. The van der Waals surface area contributed by atoms with E-state index in [2.05, 4.69) is 10.3 Å². The third kappa shape index (κ3) is 5.29. The Balaban J connectivity index is 1.77. The molecule has 0 aliphatic rings. The Morgan fingerprint density at radius 2 is 1.66 bits per heavy atom. The first-order chi connectivity index (χ1) is 13.9. The van der Waals surface area contributed by atoms with Gasteiger partial charge in [0.1, 0.15) is 5.69 Å². The smallest absolute Gasteiger partial charge is 0.273 e. The van der Waals surface area contributed by atoms with E-state index in [1.807, 2.05) is 67.3 Å². The van der Waals surface area contributed by atoms with Crippen LogP contribution in [0.2, 0.25) is 0 Å². The zero-order valence-electron chi connectivity index (χ0n) is 16.9. The number of hydrogen-bond donors (Lipinski definition) is 1. The van der Waals surface area contributed by atoms with Gasteiger partial charge in [-0.15, -0.1) is 0 Å². The van der Waals surface area contributed by atoms with Crippen LogP contribution in [0.25, 0.3) is 0 Å². The molecule has 3 aromatic rings. The minimum Gasteiger partial charge on any atom is -0.355 e. The van der Waals surface area contributed by atoms with E-state index in [0.717, 1.165) is 16.9 Å². The Morgan fingerprint density at radius 3 is 2.28 bits per heavy atom. The number of amides is 1. The molecule has 1 heterocycles. The monoisotopic (exact) mass is 387 g/mol. The summed E-state index contributed by atoms with van der Waals surface area (Å²) in [5, 5.41) is 3.26. The molecule has 1 amide bonds. The van der Waals surface area contributed by atoms with Gasteiger partial charge in [0.25, 0.3) is 5.91 Å². The van der Waals surface area contributed by atoms with Crippen LogP contribution >= 0.6 is 0 Å². The van der Waals surface area contributed by atoms with Crippen LogP contribution in [-0.4, -0.2) is 27.6 Å². The number of hydrogen-bond acceptors (Lipinski definition) is 4.